The first-order valence-electron chi connectivity index (χ1n) is 10.6. The summed E-state index contributed by atoms with van der Waals surface area (Å²) in [7, 11) is -1.58. The van der Waals surface area contributed by atoms with Gasteiger partial charge in [0.15, 0.2) is 0 Å². The largest absolute Gasteiger partial charge is 0.332 e. The van der Waals surface area contributed by atoms with Crippen LogP contribution in [0.3, 0.4) is 0 Å². The van der Waals surface area contributed by atoms with Crippen LogP contribution in [0.15, 0.2) is 6.07 Å². The number of carbonyl (C=O) groups is 1. The topological polar surface area (TPSA) is 78.5 Å². The summed E-state index contributed by atoms with van der Waals surface area (Å²) < 4.78 is 28.1. The maximum absolute atomic E-state index is 12.9. The molecule has 0 unspecified atom stereocenters. The van der Waals surface area contributed by atoms with Gasteiger partial charge in [0.05, 0.1) is 5.25 Å². The Kier molecular flexibility index (Phi) is 4.43. The Labute approximate surface area is 167 Å². The van der Waals surface area contributed by atoms with E-state index in [1.165, 1.54) is 22.3 Å². The van der Waals surface area contributed by atoms with Gasteiger partial charge in [-0.05, 0) is 93.5 Å². The normalized spacial score (nSPS) is 28.8. The molecular formula is C21H29N3O3S. The fraction of sp³-hybridized carbons (Fsp3) is 0.667. The van der Waals surface area contributed by atoms with Gasteiger partial charge in [-0.3, -0.25) is 0 Å². The SMILES string of the molecule is CN1[C@@H]2CC[C@H]1C[C@@H](S(=O)(=O)NC(=O)Nc1c3c(cc4c1CCC4)CCC3)C2. The van der Waals surface area contributed by atoms with E-state index < -0.39 is 21.3 Å². The Balaban J connectivity index is 1.33. The summed E-state index contributed by atoms with van der Waals surface area (Å²) in [6, 6.07) is 2.35. The number of nitrogens with zero attached hydrogens (tertiary/aromatic N) is 1. The second-order valence-corrected chi connectivity index (χ2v) is 10.9. The van der Waals surface area contributed by atoms with Crippen molar-refractivity contribution in [1.82, 2.24) is 9.62 Å². The number of nitrogens with one attached hydrogen (secondary N) is 2. The molecule has 2 aliphatic heterocycles. The first-order valence-corrected chi connectivity index (χ1v) is 12.2. The van der Waals surface area contributed by atoms with Crippen molar-refractivity contribution in [3.05, 3.63) is 28.3 Å². The zero-order valence-electron chi connectivity index (χ0n) is 16.5. The van der Waals surface area contributed by atoms with Gasteiger partial charge >= 0.3 is 6.03 Å². The molecule has 4 aliphatic rings. The maximum Gasteiger partial charge on any atom is 0.332 e. The van der Waals surface area contributed by atoms with Gasteiger partial charge in [0.1, 0.15) is 0 Å². The van der Waals surface area contributed by atoms with Crippen molar-refractivity contribution in [2.24, 2.45) is 0 Å². The Morgan fingerprint density at radius 3 is 2.14 bits per heavy atom. The number of rotatable bonds is 3. The van der Waals surface area contributed by atoms with Crippen molar-refractivity contribution in [3.63, 3.8) is 0 Å². The van der Waals surface area contributed by atoms with E-state index in [2.05, 4.69) is 28.1 Å². The van der Waals surface area contributed by atoms with Gasteiger partial charge in [0.2, 0.25) is 10.0 Å². The molecule has 3 atom stereocenters. The second kappa shape index (κ2) is 6.73. The maximum atomic E-state index is 12.9. The van der Waals surface area contributed by atoms with Crippen LogP contribution in [-0.2, 0) is 35.7 Å². The van der Waals surface area contributed by atoms with Gasteiger partial charge in [0.25, 0.3) is 0 Å². The van der Waals surface area contributed by atoms with E-state index in [-0.39, 0.29) is 0 Å². The quantitative estimate of drug-likeness (QED) is 0.813. The predicted molar refractivity (Wildman–Crippen MR) is 109 cm³/mol. The van der Waals surface area contributed by atoms with Crippen molar-refractivity contribution in [2.75, 3.05) is 12.4 Å². The minimum atomic E-state index is -3.67. The summed E-state index contributed by atoms with van der Waals surface area (Å²) in [6.07, 6.45) is 9.58. The molecule has 2 heterocycles. The Morgan fingerprint density at radius 1 is 1.00 bits per heavy atom. The molecule has 0 spiro atoms. The van der Waals surface area contributed by atoms with Crippen molar-refractivity contribution >= 4 is 21.7 Å². The van der Waals surface area contributed by atoms with Gasteiger partial charge in [-0.1, -0.05) is 6.07 Å². The summed E-state index contributed by atoms with van der Waals surface area (Å²) >= 11 is 0. The van der Waals surface area contributed by atoms with Crippen LogP contribution in [0.2, 0.25) is 0 Å². The van der Waals surface area contributed by atoms with Gasteiger partial charge in [0, 0.05) is 17.8 Å². The van der Waals surface area contributed by atoms with Crippen molar-refractivity contribution in [1.29, 1.82) is 0 Å². The standard InChI is InChI=1S/C21H29N3O3S/c1-24-15-8-9-16(24)12-17(11-15)28(26,27)23-21(25)22-20-18-6-2-4-13(18)10-14-5-3-7-19(14)20/h10,15-17H,2-9,11-12H2,1H3,(H2,22,23,25)/t15-,16+,17+. The minimum Gasteiger partial charge on any atom is -0.307 e. The lowest BCUT2D eigenvalue weighted by Crippen LogP contribution is -2.49. The molecule has 152 valence electrons. The van der Waals surface area contributed by atoms with E-state index in [1.54, 1.807) is 0 Å². The van der Waals surface area contributed by atoms with E-state index in [0.29, 0.717) is 24.9 Å². The highest BCUT2D eigenvalue weighted by Crippen LogP contribution is 2.39. The van der Waals surface area contributed by atoms with Gasteiger partial charge in [-0.25, -0.2) is 17.9 Å². The fourth-order valence-corrected chi connectivity index (χ4v) is 7.36. The molecule has 2 N–H and O–H groups in total. The zero-order chi connectivity index (χ0) is 19.5. The molecule has 5 rings (SSSR count). The summed E-state index contributed by atoms with van der Waals surface area (Å²) in [6.45, 7) is 0. The van der Waals surface area contributed by atoms with E-state index in [0.717, 1.165) is 57.1 Å². The zero-order valence-corrected chi connectivity index (χ0v) is 17.3. The predicted octanol–water partition coefficient (Wildman–Crippen LogP) is 2.74. The molecule has 2 aliphatic carbocycles. The number of carbonyl (C=O) groups excluding carboxylic acids is 1. The molecular weight excluding hydrogens is 374 g/mol. The van der Waals surface area contributed by atoms with Gasteiger partial charge < -0.3 is 10.2 Å². The summed E-state index contributed by atoms with van der Waals surface area (Å²) in [5, 5.41) is 2.47. The lowest BCUT2D eigenvalue weighted by molar-refractivity contribution is 0.180. The number of piperidine rings is 1. The van der Waals surface area contributed by atoms with Gasteiger partial charge in [-0.2, -0.15) is 0 Å². The Hall–Kier alpha value is -1.60. The molecule has 2 amide bonds. The average molecular weight is 404 g/mol. The Morgan fingerprint density at radius 2 is 1.57 bits per heavy atom. The molecule has 7 heteroatoms. The van der Waals surface area contributed by atoms with Crippen LogP contribution in [0.25, 0.3) is 0 Å². The number of aryl methyl sites for hydroxylation is 2. The molecule has 2 bridgehead atoms. The monoisotopic (exact) mass is 403 g/mol. The van der Waals surface area contributed by atoms with Crippen LogP contribution < -0.4 is 10.0 Å². The van der Waals surface area contributed by atoms with E-state index in [9.17, 15) is 13.2 Å². The highest BCUT2D eigenvalue weighted by atomic mass is 32.2. The van der Waals surface area contributed by atoms with Crippen LogP contribution in [0.5, 0.6) is 0 Å². The van der Waals surface area contributed by atoms with Crippen LogP contribution in [0.1, 0.15) is 60.8 Å². The van der Waals surface area contributed by atoms with Crippen LogP contribution in [0.4, 0.5) is 10.5 Å². The number of benzene rings is 1. The summed E-state index contributed by atoms with van der Waals surface area (Å²) in [5.74, 6) is 0. The van der Waals surface area contributed by atoms with Crippen LogP contribution in [0, 0.1) is 0 Å². The van der Waals surface area contributed by atoms with Crippen molar-refractivity contribution in [3.8, 4) is 0 Å². The Bertz CT molecular complexity index is 881. The number of hydrogen-bond donors (Lipinski definition) is 2. The molecule has 28 heavy (non-hydrogen) atoms. The highest BCUT2D eigenvalue weighted by molar-refractivity contribution is 7.90. The highest BCUT2D eigenvalue weighted by Gasteiger charge is 2.43. The van der Waals surface area contributed by atoms with Crippen LogP contribution in [-0.4, -0.2) is 43.7 Å². The first-order chi connectivity index (χ1) is 13.4. The third-order valence-electron chi connectivity index (χ3n) is 7.44. The lowest BCUT2D eigenvalue weighted by Gasteiger charge is -2.35. The summed E-state index contributed by atoms with van der Waals surface area (Å²) in [5.41, 5.74) is 5.96. The minimum absolute atomic E-state index is 0.323. The molecule has 0 aromatic heterocycles. The number of fused-ring (bicyclic) bond motifs is 4. The van der Waals surface area contributed by atoms with E-state index in [4.69, 9.17) is 0 Å². The molecule has 2 saturated heterocycles. The number of amides is 2. The number of hydrogen-bond acceptors (Lipinski definition) is 4. The average Bonchev–Trinajstić information content (AvgIpc) is 3.32. The molecule has 0 saturated carbocycles. The van der Waals surface area contributed by atoms with Gasteiger partial charge in [-0.15, -0.1) is 0 Å². The molecule has 1 aromatic carbocycles. The van der Waals surface area contributed by atoms with Crippen molar-refractivity contribution in [2.45, 2.75) is 81.5 Å². The fourth-order valence-electron chi connectivity index (χ4n) is 5.93. The number of urea groups is 1. The molecule has 0 radical (unpaired) electrons. The molecule has 6 nitrogen and oxygen atoms in total. The number of anilines is 1. The number of sulfonamides is 1. The van der Waals surface area contributed by atoms with Crippen molar-refractivity contribution < 1.29 is 13.2 Å². The third-order valence-corrected chi connectivity index (χ3v) is 9.17. The third kappa shape index (κ3) is 3.03. The lowest BCUT2D eigenvalue weighted by atomic mass is 9.99. The molecule has 1 aromatic rings. The summed E-state index contributed by atoms with van der Waals surface area (Å²) in [4.78, 5) is 15.0. The van der Waals surface area contributed by atoms with E-state index >= 15 is 0 Å². The van der Waals surface area contributed by atoms with Crippen LogP contribution >= 0.6 is 0 Å². The smallest absolute Gasteiger partial charge is 0.307 e. The first kappa shape index (κ1) is 18.4. The second-order valence-electron chi connectivity index (χ2n) is 8.98. The molecule has 2 fully saturated rings. The van der Waals surface area contributed by atoms with E-state index in [1.807, 2.05) is 0 Å².